The van der Waals surface area contributed by atoms with Crippen molar-refractivity contribution in [1.82, 2.24) is 59.8 Å². The standard InChI is InChI=1S/C35H35N4.2C34H33N4.Ir/c1-4-6-10-26-13-17-28(18-14-26)33-37-34(29-19-15-27(16-20-29)11-7-5-2)39-35(38-33)31-21-22-32(36-24-31)30-12-8-9-25(3)23-30;1-3-5-11-25-17-19-28(20-18-25)32-36-33(29-16-10-13-26(23-29)12-6-4-2)38-34(37-32)30-21-22-31(35-24-30)27-14-8-7-9-15-27;1-3-5-10-25-14-18-28(19-15-25)32-36-33(29-20-16-26(17-21-29)11-6-4-2)38-34(37-32)30-22-23-31(35-24-30)27-12-8-7-9-13-27;/h8-9,13-24H,4-7,10-11H2,1-3H3;7-10,13-14,16-24H,3-6,11-12H2,1-2H3;7-9,12,14-24H,3-6,10-11H2,1-2H3;/q3*-1;+3. The Balaban J connectivity index is 0.000000160. The van der Waals surface area contributed by atoms with Crippen LogP contribution < -0.4 is 0 Å². The van der Waals surface area contributed by atoms with Crippen LogP contribution in [0.5, 0.6) is 0 Å². The van der Waals surface area contributed by atoms with Crippen LogP contribution in [-0.2, 0) is 58.6 Å². The van der Waals surface area contributed by atoms with Crippen LogP contribution in [0.4, 0.5) is 0 Å². The molecule has 15 rings (SSSR count). The molecule has 0 atom stereocenters. The molecule has 6 aromatic heterocycles. The van der Waals surface area contributed by atoms with Crippen LogP contribution in [0.1, 0.15) is 158 Å². The minimum absolute atomic E-state index is 0. The van der Waals surface area contributed by atoms with Gasteiger partial charge in [-0.2, -0.15) is 0 Å². The Morgan fingerprint density at radius 2 is 0.491 bits per heavy atom. The zero-order valence-corrected chi connectivity index (χ0v) is 70.2. The fourth-order valence-electron chi connectivity index (χ4n) is 13.4. The fraction of sp³-hybridized carbons (Fsp3) is 0.243. The Bertz CT molecular complexity index is 5380. The van der Waals surface area contributed by atoms with E-state index in [1.54, 1.807) is 0 Å². The van der Waals surface area contributed by atoms with Crippen molar-refractivity contribution >= 4 is 0 Å². The second-order valence-electron chi connectivity index (χ2n) is 29.4. The van der Waals surface area contributed by atoms with Crippen LogP contribution in [0.3, 0.4) is 0 Å². The molecule has 12 nitrogen and oxygen atoms in total. The quantitative estimate of drug-likeness (QED) is 0.0394. The van der Waals surface area contributed by atoms with Crippen molar-refractivity contribution in [2.45, 2.75) is 164 Å². The van der Waals surface area contributed by atoms with E-state index in [2.05, 4.69) is 228 Å². The van der Waals surface area contributed by atoms with Crippen LogP contribution in [0.25, 0.3) is 136 Å². The van der Waals surface area contributed by atoms with E-state index in [1.807, 2.05) is 116 Å². The van der Waals surface area contributed by atoms with E-state index in [0.717, 1.165) is 122 Å². The first-order valence-electron chi connectivity index (χ1n) is 41.3. The third-order valence-electron chi connectivity index (χ3n) is 20.3. The first kappa shape index (κ1) is 83.5. The molecule has 0 amide bonds. The van der Waals surface area contributed by atoms with E-state index in [-0.39, 0.29) is 20.1 Å². The summed E-state index contributed by atoms with van der Waals surface area (Å²) in [6.45, 7) is 15.4. The summed E-state index contributed by atoms with van der Waals surface area (Å²) < 4.78 is 0. The number of aromatic nitrogens is 12. The first-order chi connectivity index (χ1) is 56.6. The number of hydrogen-bond acceptors (Lipinski definition) is 12. The van der Waals surface area contributed by atoms with E-state index in [1.165, 1.54) is 116 Å². The van der Waals surface area contributed by atoms with Crippen molar-refractivity contribution in [3.8, 4) is 136 Å². The maximum atomic E-state index is 4.93. The Morgan fingerprint density at radius 3 is 0.759 bits per heavy atom. The molecule has 13 heteroatoms. The van der Waals surface area contributed by atoms with Crippen molar-refractivity contribution < 1.29 is 20.1 Å². The summed E-state index contributed by atoms with van der Waals surface area (Å²) in [5.74, 6) is 5.88. The summed E-state index contributed by atoms with van der Waals surface area (Å²) in [4.78, 5) is 58.2. The van der Waals surface area contributed by atoms with Crippen molar-refractivity contribution in [2.24, 2.45) is 0 Å². The van der Waals surface area contributed by atoms with E-state index >= 15 is 0 Å². The number of unbranched alkanes of at least 4 members (excludes halogenated alkanes) is 6. The van der Waals surface area contributed by atoms with Gasteiger partial charge in [0.1, 0.15) is 0 Å². The average molecular weight is 1700 g/mol. The predicted octanol–water partition coefficient (Wildman–Crippen LogP) is 25.6. The van der Waals surface area contributed by atoms with Crippen molar-refractivity contribution in [1.29, 1.82) is 0 Å². The number of pyridine rings is 3. The van der Waals surface area contributed by atoms with Gasteiger partial charge in [-0.05, 0) is 134 Å². The minimum Gasteiger partial charge on any atom is -0.304 e. The smallest absolute Gasteiger partial charge is 0.304 e. The molecule has 9 aromatic carbocycles. The molecule has 0 unspecified atom stereocenters. The second-order valence-corrected chi connectivity index (χ2v) is 29.4. The summed E-state index contributed by atoms with van der Waals surface area (Å²) in [6, 6.07) is 95.3. The Labute approximate surface area is 699 Å². The van der Waals surface area contributed by atoms with Crippen molar-refractivity contribution in [3.63, 3.8) is 0 Å². The molecule has 0 fully saturated rings. The molecule has 0 saturated carbocycles. The van der Waals surface area contributed by atoms with Gasteiger partial charge in [0.25, 0.3) is 0 Å². The average Bonchev–Trinajstić information content (AvgIpc) is 0.804. The van der Waals surface area contributed by atoms with Crippen LogP contribution in [-0.4, -0.2) is 59.8 Å². The molecule has 6 heterocycles. The van der Waals surface area contributed by atoms with Gasteiger partial charge in [-0.3, -0.25) is 0 Å². The summed E-state index contributed by atoms with van der Waals surface area (Å²) in [6.07, 6.45) is 26.2. The molecule has 0 spiro atoms. The molecule has 0 N–H and O–H groups in total. The van der Waals surface area contributed by atoms with Gasteiger partial charge in [-0.15, -0.1) is 107 Å². The molecule has 0 bridgehead atoms. The summed E-state index contributed by atoms with van der Waals surface area (Å²) in [5, 5.41) is 0. The molecular formula is C103H101IrN12. The van der Waals surface area contributed by atoms with Gasteiger partial charge in [0.05, 0.1) is 0 Å². The van der Waals surface area contributed by atoms with Crippen LogP contribution in [0.15, 0.2) is 267 Å². The molecule has 0 radical (unpaired) electrons. The number of nitrogens with zero attached hydrogens (tertiary/aromatic N) is 12. The minimum atomic E-state index is 0. The van der Waals surface area contributed by atoms with Crippen molar-refractivity contribution in [3.05, 3.63) is 324 Å². The van der Waals surface area contributed by atoms with E-state index in [0.29, 0.717) is 52.4 Å². The van der Waals surface area contributed by atoms with Crippen LogP contribution >= 0.6 is 0 Å². The number of hydrogen-bond donors (Lipinski definition) is 0. The maximum Gasteiger partial charge on any atom is 3.00 e. The third kappa shape index (κ3) is 23.2. The van der Waals surface area contributed by atoms with Gasteiger partial charge in [0.2, 0.25) is 0 Å². The van der Waals surface area contributed by atoms with E-state index < -0.39 is 0 Å². The Morgan fingerprint density at radius 1 is 0.224 bits per heavy atom. The number of aryl methyl sites for hydroxylation is 7. The van der Waals surface area contributed by atoms with Gasteiger partial charge < -0.3 is 15.0 Å². The molecule has 0 aliphatic heterocycles. The maximum absolute atomic E-state index is 4.93. The topological polar surface area (TPSA) is 155 Å². The zero-order chi connectivity index (χ0) is 79.3. The molecule has 0 saturated heterocycles. The number of rotatable bonds is 30. The molecule has 116 heavy (non-hydrogen) atoms. The Hall–Kier alpha value is -11.9. The molecular weight excluding hydrogens is 1600 g/mol. The molecule has 15 aromatic rings. The van der Waals surface area contributed by atoms with Gasteiger partial charge in [0.15, 0.2) is 52.4 Å². The normalized spacial score (nSPS) is 10.9. The van der Waals surface area contributed by atoms with Crippen LogP contribution in [0, 0.1) is 25.1 Å². The summed E-state index contributed by atoms with van der Waals surface area (Å²) in [5.41, 5.74) is 23.2. The van der Waals surface area contributed by atoms with Gasteiger partial charge in [0, 0.05) is 68.7 Å². The van der Waals surface area contributed by atoms with Gasteiger partial charge in [-0.1, -0.05) is 263 Å². The monoisotopic (exact) mass is 1700 g/mol. The van der Waals surface area contributed by atoms with Gasteiger partial charge in [-0.25, -0.2) is 44.9 Å². The predicted molar refractivity (Wildman–Crippen MR) is 471 cm³/mol. The van der Waals surface area contributed by atoms with Crippen LogP contribution in [0.2, 0.25) is 0 Å². The van der Waals surface area contributed by atoms with Crippen molar-refractivity contribution in [2.75, 3.05) is 0 Å². The third-order valence-corrected chi connectivity index (χ3v) is 20.3. The molecule has 0 aliphatic carbocycles. The summed E-state index contributed by atoms with van der Waals surface area (Å²) >= 11 is 0. The molecule has 0 aliphatic rings. The second kappa shape index (κ2) is 43.0. The van der Waals surface area contributed by atoms with Gasteiger partial charge >= 0.3 is 20.1 Å². The zero-order valence-electron chi connectivity index (χ0n) is 67.8. The van der Waals surface area contributed by atoms with E-state index in [4.69, 9.17) is 49.8 Å². The SMILES string of the molecule is CCCCc1ccc(-c2nc(-c3ccc(-c4[c-]cccc4)nc3)nc(-c3cccc(CCCC)c3)n2)cc1.CCCCc1ccc(-c2nc(-c3ccc(CCCC)cc3)nc(-c3ccc(-c4[c-]ccc(C)c4)nc3)n2)cc1.CCCCc1ccc(-c2nc(-c3ccc(CCCC)cc3)nc(-c3ccc(-c4[c-]cccc4)nc3)n2)cc1.[Ir+3]. The Kier molecular flexibility index (Phi) is 31.0. The van der Waals surface area contributed by atoms with E-state index in [9.17, 15) is 0 Å². The first-order valence-corrected chi connectivity index (χ1v) is 41.3. The molecule has 582 valence electrons. The fourth-order valence-corrected chi connectivity index (χ4v) is 13.4. The summed E-state index contributed by atoms with van der Waals surface area (Å²) in [7, 11) is 0. The largest absolute Gasteiger partial charge is 3.00 e. The number of benzene rings is 9.